The van der Waals surface area contributed by atoms with Crippen LogP contribution in [0.1, 0.15) is 36.2 Å². The van der Waals surface area contributed by atoms with Gasteiger partial charge >= 0.3 is 0 Å². The fraction of sp³-hybridized carbons (Fsp3) is 0.462. The van der Waals surface area contributed by atoms with Crippen molar-refractivity contribution >= 4 is 17.5 Å². The first kappa shape index (κ1) is 10.7. The lowest BCUT2D eigenvalue weighted by atomic mass is 9.98. The lowest BCUT2D eigenvalue weighted by molar-refractivity contribution is 0.0988. The molecule has 0 fully saturated rings. The van der Waals surface area contributed by atoms with Crippen molar-refractivity contribution in [2.75, 3.05) is 5.75 Å². The summed E-state index contributed by atoms with van der Waals surface area (Å²) in [5.41, 5.74) is 2.24. The largest absolute Gasteiger partial charge is 0.294 e. The SMILES string of the molecule is CCC(=O)c1ccc2c(c1)CC(C)CS2. The van der Waals surface area contributed by atoms with Crippen LogP contribution in [0.4, 0.5) is 0 Å². The maximum Gasteiger partial charge on any atom is 0.162 e. The summed E-state index contributed by atoms with van der Waals surface area (Å²) in [6.07, 6.45) is 1.72. The second-order valence-corrected chi connectivity index (χ2v) is 5.28. The lowest BCUT2D eigenvalue weighted by Gasteiger charge is -2.21. The number of carbonyl (C=O) groups excluding carboxylic acids is 1. The van der Waals surface area contributed by atoms with Gasteiger partial charge in [0, 0.05) is 22.6 Å². The fourth-order valence-electron chi connectivity index (χ4n) is 1.92. The molecule has 0 aromatic heterocycles. The summed E-state index contributed by atoms with van der Waals surface area (Å²) in [6, 6.07) is 6.16. The van der Waals surface area contributed by atoms with Gasteiger partial charge in [0.1, 0.15) is 0 Å². The van der Waals surface area contributed by atoms with E-state index in [4.69, 9.17) is 0 Å². The number of ketones is 1. The molecule has 1 nitrogen and oxygen atoms in total. The van der Waals surface area contributed by atoms with Crippen LogP contribution in [0.2, 0.25) is 0 Å². The number of rotatable bonds is 2. The molecule has 2 rings (SSSR count). The van der Waals surface area contributed by atoms with Gasteiger partial charge in [0.2, 0.25) is 0 Å². The number of fused-ring (bicyclic) bond motifs is 1. The highest BCUT2D eigenvalue weighted by Gasteiger charge is 2.16. The molecular formula is C13H16OS. The smallest absolute Gasteiger partial charge is 0.162 e. The minimum Gasteiger partial charge on any atom is -0.294 e. The van der Waals surface area contributed by atoms with Crippen molar-refractivity contribution in [1.29, 1.82) is 0 Å². The fourth-order valence-corrected chi connectivity index (χ4v) is 3.00. The third-order valence-electron chi connectivity index (χ3n) is 2.80. The Morgan fingerprint density at radius 2 is 2.33 bits per heavy atom. The molecule has 15 heavy (non-hydrogen) atoms. The molecule has 1 aliphatic rings. The summed E-state index contributed by atoms with van der Waals surface area (Å²) in [5.74, 6) is 2.18. The maximum atomic E-state index is 11.6. The summed E-state index contributed by atoms with van der Waals surface area (Å²) in [4.78, 5) is 12.9. The second kappa shape index (κ2) is 4.40. The molecule has 0 radical (unpaired) electrons. The van der Waals surface area contributed by atoms with Crippen LogP contribution in [0.25, 0.3) is 0 Å². The van der Waals surface area contributed by atoms with E-state index >= 15 is 0 Å². The minimum absolute atomic E-state index is 0.251. The first-order chi connectivity index (χ1) is 7.20. The summed E-state index contributed by atoms with van der Waals surface area (Å²) >= 11 is 1.91. The number of benzene rings is 1. The molecular weight excluding hydrogens is 204 g/mol. The van der Waals surface area contributed by atoms with Crippen LogP contribution in [0.3, 0.4) is 0 Å². The third kappa shape index (κ3) is 2.25. The van der Waals surface area contributed by atoms with Crippen molar-refractivity contribution in [1.82, 2.24) is 0 Å². The summed E-state index contributed by atoms with van der Waals surface area (Å²) in [6.45, 7) is 4.18. The summed E-state index contributed by atoms with van der Waals surface area (Å²) < 4.78 is 0. The molecule has 0 saturated carbocycles. The lowest BCUT2D eigenvalue weighted by Crippen LogP contribution is -2.10. The van der Waals surface area contributed by atoms with Crippen molar-refractivity contribution in [3.8, 4) is 0 Å². The normalized spacial score (nSPS) is 19.7. The summed E-state index contributed by atoms with van der Waals surface area (Å²) in [7, 11) is 0. The predicted molar refractivity (Wildman–Crippen MR) is 64.7 cm³/mol. The molecule has 0 bridgehead atoms. The number of hydrogen-bond donors (Lipinski definition) is 0. The van der Waals surface area contributed by atoms with Crippen molar-refractivity contribution in [2.24, 2.45) is 5.92 Å². The number of Topliss-reactive ketones (excluding diaryl/α,β-unsaturated/α-hetero) is 1. The Morgan fingerprint density at radius 3 is 3.07 bits per heavy atom. The van der Waals surface area contributed by atoms with Gasteiger partial charge in [0.05, 0.1) is 0 Å². The molecule has 0 aliphatic carbocycles. The molecule has 0 spiro atoms. The Hall–Kier alpha value is -0.760. The molecule has 0 saturated heterocycles. The van der Waals surface area contributed by atoms with Crippen LogP contribution in [0.15, 0.2) is 23.1 Å². The van der Waals surface area contributed by atoms with E-state index < -0.39 is 0 Å². The zero-order chi connectivity index (χ0) is 10.8. The van der Waals surface area contributed by atoms with Gasteiger partial charge in [-0.05, 0) is 30.0 Å². The maximum absolute atomic E-state index is 11.6. The van der Waals surface area contributed by atoms with Gasteiger partial charge in [-0.1, -0.05) is 19.9 Å². The van der Waals surface area contributed by atoms with Crippen molar-refractivity contribution in [3.63, 3.8) is 0 Å². The number of hydrogen-bond acceptors (Lipinski definition) is 2. The van der Waals surface area contributed by atoms with Gasteiger partial charge in [0.15, 0.2) is 5.78 Å². The Balaban J connectivity index is 2.32. The highest BCUT2D eigenvalue weighted by Crippen LogP contribution is 2.33. The standard InChI is InChI=1S/C13H16OS/c1-3-12(14)10-4-5-13-11(7-10)6-9(2)8-15-13/h4-5,7,9H,3,6,8H2,1-2H3. The molecule has 1 aromatic carbocycles. The average molecular weight is 220 g/mol. The summed E-state index contributed by atoms with van der Waals surface area (Å²) in [5, 5.41) is 0. The van der Waals surface area contributed by atoms with Crippen LogP contribution in [0, 0.1) is 5.92 Å². The third-order valence-corrected chi connectivity index (χ3v) is 4.24. The van der Waals surface area contributed by atoms with Gasteiger partial charge in [-0.3, -0.25) is 4.79 Å². The number of thioether (sulfide) groups is 1. The van der Waals surface area contributed by atoms with E-state index in [9.17, 15) is 4.79 Å². The quantitative estimate of drug-likeness (QED) is 0.709. The minimum atomic E-state index is 0.251. The van der Waals surface area contributed by atoms with Crippen LogP contribution in [-0.4, -0.2) is 11.5 Å². The molecule has 1 aromatic rings. The Labute approximate surface area is 95.3 Å². The van der Waals surface area contributed by atoms with E-state index in [-0.39, 0.29) is 5.78 Å². The molecule has 0 N–H and O–H groups in total. The molecule has 2 heteroatoms. The Kier molecular flexibility index (Phi) is 3.15. The molecule has 0 amide bonds. The van der Waals surface area contributed by atoms with Gasteiger partial charge in [0.25, 0.3) is 0 Å². The Morgan fingerprint density at radius 1 is 1.53 bits per heavy atom. The van der Waals surface area contributed by atoms with E-state index in [1.54, 1.807) is 0 Å². The zero-order valence-electron chi connectivity index (χ0n) is 9.25. The highest BCUT2D eigenvalue weighted by atomic mass is 32.2. The molecule has 1 atom stereocenters. The number of carbonyl (C=O) groups is 1. The van der Waals surface area contributed by atoms with Gasteiger partial charge < -0.3 is 0 Å². The van der Waals surface area contributed by atoms with Crippen molar-refractivity contribution < 1.29 is 4.79 Å². The van der Waals surface area contributed by atoms with Crippen LogP contribution in [-0.2, 0) is 6.42 Å². The van der Waals surface area contributed by atoms with Crippen molar-refractivity contribution in [2.45, 2.75) is 31.6 Å². The zero-order valence-corrected chi connectivity index (χ0v) is 10.1. The van der Waals surface area contributed by atoms with E-state index in [0.717, 1.165) is 17.9 Å². The van der Waals surface area contributed by atoms with E-state index in [1.807, 2.05) is 24.8 Å². The van der Waals surface area contributed by atoms with Gasteiger partial charge in [-0.2, -0.15) is 0 Å². The first-order valence-corrected chi connectivity index (χ1v) is 6.48. The molecule has 80 valence electrons. The van der Waals surface area contributed by atoms with Crippen LogP contribution < -0.4 is 0 Å². The highest BCUT2D eigenvalue weighted by molar-refractivity contribution is 7.99. The molecule has 1 heterocycles. The predicted octanol–water partition coefficient (Wildman–Crippen LogP) is 3.56. The average Bonchev–Trinajstić information content (AvgIpc) is 2.27. The van der Waals surface area contributed by atoms with Crippen LogP contribution in [0.5, 0.6) is 0 Å². The second-order valence-electron chi connectivity index (χ2n) is 4.22. The first-order valence-electron chi connectivity index (χ1n) is 5.49. The van der Waals surface area contributed by atoms with E-state index in [2.05, 4.69) is 19.1 Å². The Bertz CT molecular complexity index is 384. The van der Waals surface area contributed by atoms with Crippen molar-refractivity contribution in [3.05, 3.63) is 29.3 Å². The van der Waals surface area contributed by atoms with Gasteiger partial charge in [-0.25, -0.2) is 0 Å². The van der Waals surface area contributed by atoms with E-state index in [1.165, 1.54) is 16.2 Å². The van der Waals surface area contributed by atoms with E-state index in [0.29, 0.717) is 6.42 Å². The topological polar surface area (TPSA) is 17.1 Å². The monoisotopic (exact) mass is 220 g/mol. The van der Waals surface area contributed by atoms with Crippen LogP contribution >= 0.6 is 11.8 Å². The van der Waals surface area contributed by atoms with Gasteiger partial charge in [-0.15, -0.1) is 11.8 Å². The molecule has 1 aliphatic heterocycles. The molecule has 1 unspecified atom stereocenters.